The van der Waals surface area contributed by atoms with Gasteiger partial charge in [0.1, 0.15) is 0 Å². The Morgan fingerprint density at radius 1 is 1.57 bits per heavy atom. The van der Waals surface area contributed by atoms with Gasteiger partial charge in [-0.3, -0.25) is 4.68 Å². The molecule has 0 radical (unpaired) electrons. The number of aryl methyl sites for hydroxylation is 1. The molecule has 0 amide bonds. The van der Waals surface area contributed by atoms with Crippen LogP contribution in [0.4, 0.5) is 0 Å². The van der Waals surface area contributed by atoms with Crippen LogP contribution in [0.1, 0.15) is 19.4 Å². The Bertz CT molecular complexity index is 312. The topological polar surface area (TPSA) is 41.9 Å². The lowest BCUT2D eigenvalue weighted by atomic mass is 9.95. The van der Waals surface area contributed by atoms with Crippen LogP contribution in [-0.2, 0) is 12.6 Å². The van der Waals surface area contributed by atoms with E-state index in [9.17, 15) is 0 Å². The second-order valence-electron chi connectivity index (χ2n) is 4.53. The van der Waals surface area contributed by atoms with Crippen LogP contribution in [0.15, 0.2) is 12.4 Å². The van der Waals surface area contributed by atoms with E-state index < -0.39 is 0 Å². The molecule has 2 N–H and O–H groups in total. The number of aromatic nitrogens is 2. The van der Waals surface area contributed by atoms with Crippen LogP contribution in [-0.4, -0.2) is 28.9 Å². The van der Waals surface area contributed by atoms with Crippen molar-refractivity contribution < 1.29 is 0 Å². The van der Waals surface area contributed by atoms with Crippen LogP contribution in [0.5, 0.6) is 0 Å². The van der Waals surface area contributed by atoms with E-state index in [1.165, 1.54) is 5.56 Å². The molecule has 2 rings (SSSR count). The predicted octanol–water partition coefficient (Wildman–Crippen LogP) is 0.217. The number of nitrogens with one attached hydrogen (secondary N) is 2. The van der Waals surface area contributed by atoms with Gasteiger partial charge in [-0.1, -0.05) is 0 Å². The largest absolute Gasteiger partial charge is 0.314 e. The minimum Gasteiger partial charge on any atom is -0.314 e. The average Bonchev–Trinajstić information content (AvgIpc) is 2.45. The molecule has 0 saturated carbocycles. The van der Waals surface area contributed by atoms with Gasteiger partial charge >= 0.3 is 0 Å². The van der Waals surface area contributed by atoms with Gasteiger partial charge in [-0.05, 0) is 13.8 Å². The zero-order valence-electron chi connectivity index (χ0n) is 9.04. The maximum atomic E-state index is 4.20. The average molecular weight is 194 g/mol. The number of rotatable bonds is 3. The lowest BCUT2D eigenvalue weighted by molar-refractivity contribution is 0.273. The summed E-state index contributed by atoms with van der Waals surface area (Å²) >= 11 is 0. The highest BCUT2D eigenvalue weighted by Crippen LogP contribution is 2.20. The van der Waals surface area contributed by atoms with Crippen LogP contribution in [0.2, 0.25) is 0 Å². The summed E-state index contributed by atoms with van der Waals surface area (Å²) in [6, 6.07) is 0.602. The summed E-state index contributed by atoms with van der Waals surface area (Å²) in [6.07, 6.45) is 4.00. The summed E-state index contributed by atoms with van der Waals surface area (Å²) in [7, 11) is 1.95. The molecular weight excluding hydrogens is 176 g/mol. The van der Waals surface area contributed by atoms with Gasteiger partial charge in [0.2, 0.25) is 0 Å². The minimum atomic E-state index is 0.0149. The van der Waals surface area contributed by atoms with Crippen molar-refractivity contribution in [3.8, 4) is 0 Å². The Hall–Kier alpha value is -0.870. The van der Waals surface area contributed by atoms with E-state index in [0.29, 0.717) is 6.04 Å². The van der Waals surface area contributed by atoms with Crippen molar-refractivity contribution in [2.24, 2.45) is 7.05 Å². The Morgan fingerprint density at radius 3 is 2.71 bits per heavy atom. The molecule has 0 unspecified atom stereocenters. The first-order valence-corrected chi connectivity index (χ1v) is 5.05. The maximum Gasteiger partial charge on any atom is 0.0540 e. The van der Waals surface area contributed by atoms with Crippen molar-refractivity contribution in [1.29, 1.82) is 0 Å². The monoisotopic (exact) mass is 194 g/mol. The van der Waals surface area contributed by atoms with Gasteiger partial charge in [-0.25, -0.2) is 0 Å². The summed E-state index contributed by atoms with van der Waals surface area (Å²) in [6.45, 7) is 6.54. The van der Waals surface area contributed by atoms with Crippen molar-refractivity contribution in [3.05, 3.63) is 18.0 Å². The Labute approximate surface area is 84.7 Å². The molecule has 1 saturated heterocycles. The van der Waals surface area contributed by atoms with E-state index in [4.69, 9.17) is 0 Å². The van der Waals surface area contributed by atoms with Crippen LogP contribution >= 0.6 is 0 Å². The summed E-state index contributed by atoms with van der Waals surface area (Å²) in [5, 5.41) is 11.1. The van der Waals surface area contributed by atoms with E-state index in [0.717, 1.165) is 13.1 Å². The van der Waals surface area contributed by atoms with Gasteiger partial charge in [0, 0.05) is 43.5 Å². The Kier molecular flexibility index (Phi) is 2.33. The van der Waals surface area contributed by atoms with E-state index >= 15 is 0 Å². The fourth-order valence-corrected chi connectivity index (χ4v) is 1.73. The molecule has 4 heteroatoms. The van der Waals surface area contributed by atoms with Crippen LogP contribution in [0, 0.1) is 0 Å². The summed E-state index contributed by atoms with van der Waals surface area (Å²) in [5.74, 6) is 0. The maximum absolute atomic E-state index is 4.20. The smallest absolute Gasteiger partial charge is 0.0540 e. The predicted molar refractivity (Wildman–Crippen MR) is 56.0 cm³/mol. The third-order valence-corrected chi connectivity index (χ3v) is 2.77. The number of nitrogens with zero attached hydrogens (tertiary/aromatic N) is 2. The molecule has 0 aliphatic carbocycles. The highest BCUT2D eigenvalue weighted by molar-refractivity contribution is 5.16. The number of hydrogen-bond donors (Lipinski definition) is 2. The van der Waals surface area contributed by atoms with Gasteiger partial charge in [-0.15, -0.1) is 0 Å². The highest BCUT2D eigenvalue weighted by atomic mass is 15.2. The Morgan fingerprint density at radius 2 is 2.29 bits per heavy atom. The van der Waals surface area contributed by atoms with E-state index in [1.54, 1.807) is 0 Å². The highest BCUT2D eigenvalue weighted by Gasteiger charge is 2.28. The van der Waals surface area contributed by atoms with Crippen LogP contribution in [0.25, 0.3) is 0 Å². The SMILES string of the molecule is Cn1cc(C(C)(C)NC2CNC2)cn1. The molecule has 0 atom stereocenters. The van der Waals surface area contributed by atoms with E-state index in [1.807, 2.05) is 17.9 Å². The van der Waals surface area contributed by atoms with Gasteiger partial charge < -0.3 is 10.6 Å². The standard InChI is InChI=1S/C10H18N4/c1-10(2,13-9-5-11-6-9)8-4-12-14(3)7-8/h4,7,9,11,13H,5-6H2,1-3H3. The molecular formula is C10H18N4. The van der Waals surface area contributed by atoms with Crippen LogP contribution < -0.4 is 10.6 Å². The van der Waals surface area contributed by atoms with Crippen molar-refractivity contribution in [2.45, 2.75) is 25.4 Å². The fourth-order valence-electron chi connectivity index (χ4n) is 1.73. The molecule has 0 aromatic carbocycles. The third kappa shape index (κ3) is 1.81. The molecule has 2 heterocycles. The zero-order chi connectivity index (χ0) is 10.2. The molecule has 1 aromatic heterocycles. The summed E-state index contributed by atoms with van der Waals surface area (Å²) < 4.78 is 1.85. The molecule has 0 spiro atoms. The Balaban J connectivity index is 2.06. The first kappa shape index (κ1) is 9.68. The second kappa shape index (κ2) is 3.37. The van der Waals surface area contributed by atoms with Crippen molar-refractivity contribution in [2.75, 3.05) is 13.1 Å². The molecule has 4 nitrogen and oxygen atoms in total. The molecule has 1 fully saturated rings. The summed E-state index contributed by atoms with van der Waals surface area (Å²) in [4.78, 5) is 0. The molecule has 1 aromatic rings. The zero-order valence-corrected chi connectivity index (χ0v) is 9.04. The first-order chi connectivity index (χ1) is 6.58. The molecule has 1 aliphatic rings. The van der Waals surface area contributed by atoms with Gasteiger partial charge in [0.05, 0.1) is 6.20 Å². The third-order valence-electron chi connectivity index (χ3n) is 2.77. The van der Waals surface area contributed by atoms with E-state index in [2.05, 4.69) is 35.8 Å². The summed E-state index contributed by atoms with van der Waals surface area (Å²) in [5.41, 5.74) is 1.26. The van der Waals surface area contributed by atoms with Crippen molar-refractivity contribution >= 4 is 0 Å². The molecule has 78 valence electrons. The molecule has 1 aliphatic heterocycles. The van der Waals surface area contributed by atoms with Crippen molar-refractivity contribution in [3.63, 3.8) is 0 Å². The normalized spacial score (nSPS) is 18.2. The van der Waals surface area contributed by atoms with Gasteiger partial charge in [-0.2, -0.15) is 5.10 Å². The quantitative estimate of drug-likeness (QED) is 0.723. The van der Waals surface area contributed by atoms with Crippen LogP contribution in [0.3, 0.4) is 0 Å². The fraction of sp³-hybridized carbons (Fsp3) is 0.700. The van der Waals surface area contributed by atoms with E-state index in [-0.39, 0.29) is 5.54 Å². The van der Waals surface area contributed by atoms with Crippen molar-refractivity contribution in [1.82, 2.24) is 20.4 Å². The minimum absolute atomic E-state index is 0.0149. The second-order valence-corrected chi connectivity index (χ2v) is 4.53. The lowest BCUT2D eigenvalue weighted by Gasteiger charge is -2.36. The molecule has 0 bridgehead atoms. The van der Waals surface area contributed by atoms with Gasteiger partial charge in [0.25, 0.3) is 0 Å². The molecule has 14 heavy (non-hydrogen) atoms. The lowest BCUT2D eigenvalue weighted by Crippen LogP contribution is -2.59. The number of hydrogen-bond acceptors (Lipinski definition) is 3. The van der Waals surface area contributed by atoms with Gasteiger partial charge in [0.15, 0.2) is 0 Å². The first-order valence-electron chi connectivity index (χ1n) is 5.05.